The van der Waals surface area contributed by atoms with Gasteiger partial charge in [-0.15, -0.1) is 0 Å². The van der Waals surface area contributed by atoms with Crippen LogP contribution in [-0.4, -0.2) is 56.8 Å². The molecule has 45 heavy (non-hydrogen) atoms. The zero-order valence-electron chi connectivity index (χ0n) is 26.7. The number of ketones is 1. The van der Waals surface area contributed by atoms with E-state index in [0.717, 1.165) is 18.4 Å². The number of nitrogens with one attached hydrogen (secondary N) is 1. The summed E-state index contributed by atoms with van der Waals surface area (Å²) in [7, 11) is -2.26. The third-order valence-electron chi connectivity index (χ3n) is 9.64. The van der Waals surface area contributed by atoms with Crippen molar-refractivity contribution < 1.29 is 23.5 Å². The molecule has 1 unspecified atom stereocenters. The van der Waals surface area contributed by atoms with Crippen LogP contribution < -0.4 is 5.32 Å². The SMILES string of the molecule is CC[C@@]1(C2(O[Si](C)(C)C(C)(C)C)CC2)O[C@@H](n2cnc3c(NC(=O)c4ccccc4)ncnc32)C(=O)C1OCc1ccccc1. The molecule has 2 aromatic carbocycles. The van der Waals surface area contributed by atoms with Crippen molar-refractivity contribution in [3.63, 3.8) is 0 Å². The number of anilines is 1. The van der Waals surface area contributed by atoms with E-state index in [0.29, 0.717) is 23.1 Å². The Morgan fingerprint density at radius 1 is 1.04 bits per heavy atom. The highest BCUT2D eigenvalue weighted by Gasteiger charge is 2.72. The molecule has 11 heteroatoms. The van der Waals surface area contributed by atoms with E-state index in [9.17, 15) is 9.59 Å². The smallest absolute Gasteiger partial charge is 0.256 e. The molecule has 1 saturated heterocycles. The standard InChI is InChI=1S/C34H41N5O5Si/c1-7-34(33(18-19-33)44-45(5,6)32(2,3)4)27(42-20-23-14-10-8-11-15-23)26(40)31(43-34)39-22-37-25-28(35-21-36-29(25)39)38-30(41)24-16-12-9-13-17-24/h8-17,21-22,27,31H,7,18-20H2,1-6H3,(H,35,36,38,41)/t27?,31-,34-/m1/s1. The fourth-order valence-electron chi connectivity index (χ4n) is 6.03. The molecular formula is C34H41N5O5Si. The summed E-state index contributed by atoms with van der Waals surface area (Å²) in [4.78, 5) is 40.7. The average Bonchev–Trinajstić information content (AvgIpc) is 3.56. The lowest BCUT2D eigenvalue weighted by Crippen LogP contribution is -2.59. The molecule has 2 fully saturated rings. The van der Waals surface area contributed by atoms with Crippen LogP contribution in [0, 0.1) is 0 Å². The van der Waals surface area contributed by atoms with Crippen molar-refractivity contribution in [2.45, 2.75) is 95.2 Å². The first-order chi connectivity index (χ1) is 21.4. The zero-order chi connectivity index (χ0) is 32.0. The topological polar surface area (TPSA) is 117 Å². The Kier molecular flexibility index (Phi) is 8.01. The molecular weight excluding hydrogens is 586 g/mol. The largest absolute Gasteiger partial charge is 0.408 e. The highest BCUT2D eigenvalue weighted by atomic mass is 28.4. The van der Waals surface area contributed by atoms with Crippen LogP contribution in [0.1, 0.15) is 69.1 Å². The summed E-state index contributed by atoms with van der Waals surface area (Å²) in [5.74, 6) is -0.293. The molecule has 6 rings (SSSR count). The Balaban J connectivity index is 1.37. The number of Topliss-reactive ketones (excluding diaryl/α,β-unsaturated/α-hetero) is 1. The number of rotatable bonds is 10. The maximum Gasteiger partial charge on any atom is 0.256 e. The van der Waals surface area contributed by atoms with E-state index in [-0.39, 0.29) is 29.2 Å². The van der Waals surface area contributed by atoms with Gasteiger partial charge in [-0.2, -0.15) is 0 Å². The van der Waals surface area contributed by atoms with Crippen LogP contribution in [0.5, 0.6) is 0 Å². The first kappa shape index (κ1) is 31.2. The molecule has 2 aliphatic rings. The maximum atomic E-state index is 14.5. The molecule has 1 amide bonds. The van der Waals surface area contributed by atoms with Crippen molar-refractivity contribution in [3.8, 4) is 0 Å². The fourth-order valence-corrected chi connectivity index (χ4v) is 7.69. The summed E-state index contributed by atoms with van der Waals surface area (Å²) in [5, 5.41) is 2.80. The second kappa shape index (κ2) is 11.5. The molecule has 1 saturated carbocycles. The van der Waals surface area contributed by atoms with Crippen LogP contribution in [0.15, 0.2) is 73.3 Å². The first-order valence-electron chi connectivity index (χ1n) is 15.5. The number of ether oxygens (including phenoxy) is 2. The number of hydrogen-bond acceptors (Lipinski definition) is 8. The lowest BCUT2D eigenvalue weighted by molar-refractivity contribution is -0.184. The van der Waals surface area contributed by atoms with E-state index in [1.807, 2.05) is 43.3 Å². The van der Waals surface area contributed by atoms with Gasteiger partial charge in [0.2, 0.25) is 5.78 Å². The van der Waals surface area contributed by atoms with Crippen LogP contribution in [0.2, 0.25) is 18.1 Å². The summed E-state index contributed by atoms with van der Waals surface area (Å²) in [6, 6.07) is 18.7. The van der Waals surface area contributed by atoms with E-state index >= 15 is 0 Å². The molecule has 4 aromatic rings. The third kappa shape index (κ3) is 5.52. The molecule has 3 atom stereocenters. The number of hydrogen-bond donors (Lipinski definition) is 1. The third-order valence-corrected chi connectivity index (χ3v) is 14.2. The molecule has 0 radical (unpaired) electrons. The van der Waals surface area contributed by atoms with E-state index in [2.05, 4.69) is 54.1 Å². The number of amides is 1. The summed E-state index contributed by atoms with van der Waals surface area (Å²) >= 11 is 0. The Hall–Kier alpha value is -3.77. The second-order valence-electron chi connectivity index (χ2n) is 13.5. The number of carbonyl (C=O) groups is 2. The monoisotopic (exact) mass is 627 g/mol. The van der Waals surface area contributed by atoms with Gasteiger partial charge < -0.3 is 19.2 Å². The van der Waals surface area contributed by atoms with Gasteiger partial charge >= 0.3 is 0 Å². The molecule has 236 valence electrons. The number of fused-ring (bicyclic) bond motifs is 1. The second-order valence-corrected chi connectivity index (χ2v) is 18.2. The number of nitrogens with zero attached hydrogens (tertiary/aromatic N) is 4. The van der Waals surface area contributed by atoms with Gasteiger partial charge in [-0.05, 0) is 55.1 Å². The predicted molar refractivity (Wildman–Crippen MR) is 173 cm³/mol. The van der Waals surface area contributed by atoms with Gasteiger partial charge in [-0.25, -0.2) is 15.0 Å². The van der Waals surface area contributed by atoms with Crippen molar-refractivity contribution in [3.05, 3.63) is 84.4 Å². The van der Waals surface area contributed by atoms with Gasteiger partial charge in [0.15, 0.2) is 37.6 Å². The Morgan fingerprint density at radius 2 is 1.71 bits per heavy atom. The summed E-state index contributed by atoms with van der Waals surface area (Å²) < 4.78 is 22.2. The van der Waals surface area contributed by atoms with Crippen LogP contribution >= 0.6 is 0 Å². The molecule has 1 N–H and O–H groups in total. The maximum absolute atomic E-state index is 14.5. The van der Waals surface area contributed by atoms with Gasteiger partial charge in [0.25, 0.3) is 5.91 Å². The molecule has 0 bridgehead atoms. The van der Waals surface area contributed by atoms with Gasteiger partial charge in [0, 0.05) is 5.56 Å². The summed E-state index contributed by atoms with van der Waals surface area (Å²) in [6.07, 6.45) is 3.01. The summed E-state index contributed by atoms with van der Waals surface area (Å²) in [6.45, 7) is 13.4. The van der Waals surface area contributed by atoms with E-state index in [4.69, 9.17) is 13.9 Å². The lowest BCUT2D eigenvalue weighted by Gasteiger charge is -2.47. The number of benzene rings is 2. The number of imidazole rings is 1. The number of carbonyl (C=O) groups excluding carboxylic acids is 2. The van der Waals surface area contributed by atoms with Gasteiger partial charge in [0.05, 0.1) is 18.5 Å². The van der Waals surface area contributed by atoms with Crippen LogP contribution in [0.3, 0.4) is 0 Å². The quantitative estimate of drug-likeness (QED) is 0.199. The van der Waals surface area contributed by atoms with E-state index in [1.165, 1.54) is 12.7 Å². The van der Waals surface area contributed by atoms with Gasteiger partial charge in [-0.1, -0.05) is 76.2 Å². The Bertz CT molecular complexity index is 1700. The number of aromatic nitrogens is 4. The highest BCUT2D eigenvalue weighted by molar-refractivity contribution is 6.74. The average molecular weight is 628 g/mol. The van der Waals surface area contributed by atoms with Crippen LogP contribution in [-0.2, 0) is 25.3 Å². The van der Waals surface area contributed by atoms with Crippen molar-refractivity contribution in [2.24, 2.45) is 0 Å². The van der Waals surface area contributed by atoms with Crippen molar-refractivity contribution in [2.75, 3.05) is 5.32 Å². The van der Waals surface area contributed by atoms with E-state index in [1.54, 1.807) is 28.8 Å². The minimum atomic E-state index is -2.26. The molecule has 1 aliphatic carbocycles. The van der Waals surface area contributed by atoms with Crippen LogP contribution in [0.25, 0.3) is 11.2 Å². The highest BCUT2D eigenvalue weighted by Crippen LogP contribution is 2.60. The van der Waals surface area contributed by atoms with Gasteiger partial charge in [-0.3, -0.25) is 14.2 Å². The normalized spacial score (nSPS) is 22.9. The molecule has 2 aromatic heterocycles. The summed E-state index contributed by atoms with van der Waals surface area (Å²) in [5.41, 5.74) is 0.501. The van der Waals surface area contributed by atoms with E-state index < -0.39 is 31.9 Å². The Morgan fingerprint density at radius 3 is 2.33 bits per heavy atom. The molecule has 10 nitrogen and oxygen atoms in total. The predicted octanol–water partition coefficient (Wildman–Crippen LogP) is 6.47. The van der Waals surface area contributed by atoms with Crippen molar-refractivity contribution >= 4 is 37.0 Å². The minimum absolute atomic E-state index is 0.0298. The molecule has 3 heterocycles. The lowest BCUT2D eigenvalue weighted by atomic mass is 9.85. The molecule has 0 spiro atoms. The van der Waals surface area contributed by atoms with Crippen LogP contribution in [0.4, 0.5) is 5.82 Å². The van der Waals surface area contributed by atoms with Crippen molar-refractivity contribution in [1.29, 1.82) is 0 Å². The minimum Gasteiger partial charge on any atom is -0.408 e. The first-order valence-corrected chi connectivity index (χ1v) is 18.4. The molecule has 1 aliphatic heterocycles. The zero-order valence-corrected chi connectivity index (χ0v) is 27.7. The Labute approximate surface area is 264 Å². The van der Waals surface area contributed by atoms with Gasteiger partial charge in [0.1, 0.15) is 11.9 Å². The fraction of sp³-hybridized carbons (Fsp3) is 0.441. The van der Waals surface area contributed by atoms with Crippen molar-refractivity contribution in [1.82, 2.24) is 19.5 Å².